The smallest absolute Gasteiger partial charge is 0.142 e. The summed E-state index contributed by atoms with van der Waals surface area (Å²) in [4.78, 5) is 2.06. The van der Waals surface area contributed by atoms with Crippen LogP contribution in [0, 0.1) is 0 Å². The van der Waals surface area contributed by atoms with Crippen molar-refractivity contribution in [3.05, 3.63) is 18.2 Å². The molecular formula is C11H18N2O2. The molecule has 0 aliphatic heterocycles. The van der Waals surface area contributed by atoms with Crippen LogP contribution in [0.1, 0.15) is 0 Å². The summed E-state index contributed by atoms with van der Waals surface area (Å²) in [6, 6.07) is 5.43. The molecule has 2 N–H and O–H groups in total. The number of likely N-dealkylation sites (N-methyl/N-ethyl adjacent to an activating group) is 1. The maximum atomic E-state index is 5.75. The molecule has 0 saturated heterocycles. The lowest BCUT2D eigenvalue weighted by atomic mass is 10.3. The van der Waals surface area contributed by atoms with Crippen LogP contribution in [0.4, 0.5) is 5.69 Å². The van der Waals surface area contributed by atoms with Gasteiger partial charge in [0.1, 0.15) is 18.1 Å². The van der Waals surface area contributed by atoms with Gasteiger partial charge in [0.2, 0.25) is 0 Å². The second-order valence-corrected chi connectivity index (χ2v) is 3.56. The number of hydrogen-bond donors (Lipinski definition) is 1. The molecule has 1 rings (SSSR count). The Kier molecular flexibility index (Phi) is 4.24. The number of nitrogen functional groups attached to an aromatic ring is 1. The molecule has 0 amide bonds. The van der Waals surface area contributed by atoms with E-state index >= 15 is 0 Å². The zero-order chi connectivity index (χ0) is 11.3. The third-order valence-electron chi connectivity index (χ3n) is 2.01. The molecule has 0 spiro atoms. The predicted molar refractivity (Wildman–Crippen MR) is 61.5 cm³/mol. The molecule has 1 aromatic rings. The molecule has 0 saturated carbocycles. The lowest BCUT2D eigenvalue weighted by Crippen LogP contribution is -2.19. The fourth-order valence-corrected chi connectivity index (χ4v) is 1.15. The van der Waals surface area contributed by atoms with Crippen LogP contribution in [0.2, 0.25) is 0 Å². The standard InChI is InChI=1S/C11H18N2O2/c1-13(2)6-7-15-9-4-5-11(14-3)10(12)8-9/h4-5,8H,6-7,12H2,1-3H3. The topological polar surface area (TPSA) is 47.7 Å². The van der Waals surface area contributed by atoms with Gasteiger partial charge in [-0.2, -0.15) is 0 Å². The average Bonchev–Trinajstić information content (AvgIpc) is 2.17. The van der Waals surface area contributed by atoms with E-state index in [-0.39, 0.29) is 0 Å². The molecule has 84 valence electrons. The maximum Gasteiger partial charge on any atom is 0.142 e. The highest BCUT2D eigenvalue weighted by atomic mass is 16.5. The van der Waals surface area contributed by atoms with E-state index in [1.54, 1.807) is 19.2 Å². The van der Waals surface area contributed by atoms with Crippen molar-refractivity contribution < 1.29 is 9.47 Å². The van der Waals surface area contributed by atoms with E-state index < -0.39 is 0 Å². The highest BCUT2D eigenvalue weighted by Gasteiger charge is 2.01. The van der Waals surface area contributed by atoms with Gasteiger partial charge in [0.25, 0.3) is 0 Å². The fourth-order valence-electron chi connectivity index (χ4n) is 1.15. The minimum absolute atomic E-state index is 0.597. The first-order valence-corrected chi connectivity index (χ1v) is 4.84. The minimum Gasteiger partial charge on any atom is -0.495 e. The average molecular weight is 210 g/mol. The number of methoxy groups -OCH3 is 1. The van der Waals surface area contributed by atoms with Crippen molar-refractivity contribution in [2.75, 3.05) is 40.1 Å². The predicted octanol–water partition coefficient (Wildman–Crippen LogP) is 1.22. The molecule has 0 atom stereocenters. The molecule has 4 heteroatoms. The highest BCUT2D eigenvalue weighted by Crippen LogP contribution is 2.25. The number of hydrogen-bond acceptors (Lipinski definition) is 4. The molecule has 0 heterocycles. The Morgan fingerprint density at radius 2 is 2.07 bits per heavy atom. The Labute approximate surface area is 90.6 Å². The highest BCUT2D eigenvalue weighted by molar-refractivity contribution is 5.56. The zero-order valence-electron chi connectivity index (χ0n) is 9.49. The van der Waals surface area contributed by atoms with Crippen LogP contribution in [0.3, 0.4) is 0 Å². The van der Waals surface area contributed by atoms with Crippen LogP contribution in [-0.4, -0.2) is 39.3 Å². The number of benzene rings is 1. The number of nitrogens with zero attached hydrogens (tertiary/aromatic N) is 1. The van der Waals surface area contributed by atoms with Gasteiger partial charge in [-0.05, 0) is 26.2 Å². The fraction of sp³-hybridized carbons (Fsp3) is 0.455. The Morgan fingerprint density at radius 3 is 2.60 bits per heavy atom. The van der Waals surface area contributed by atoms with Crippen LogP contribution in [0.5, 0.6) is 11.5 Å². The van der Waals surface area contributed by atoms with Crippen LogP contribution in [0.15, 0.2) is 18.2 Å². The summed E-state index contributed by atoms with van der Waals surface area (Å²) in [6.45, 7) is 1.53. The van der Waals surface area contributed by atoms with E-state index in [0.717, 1.165) is 12.3 Å². The normalized spacial score (nSPS) is 10.4. The molecule has 0 aliphatic carbocycles. The van der Waals surface area contributed by atoms with Crippen LogP contribution < -0.4 is 15.2 Å². The SMILES string of the molecule is COc1ccc(OCCN(C)C)cc1N. The van der Waals surface area contributed by atoms with E-state index in [2.05, 4.69) is 4.90 Å². The van der Waals surface area contributed by atoms with Crippen molar-refractivity contribution in [1.29, 1.82) is 0 Å². The van der Waals surface area contributed by atoms with Gasteiger partial charge >= 0.3 is 0 Å². The summed E-state index contributed by atoms with van der Waals surface area (Å²) in [7, 11) is 5.61. The molecular weight excluding hydrogens is 192 g/mol. The van der Waals surface area contributed by atoms with E-state index in [0.29, 0.717) is 18.0 Å². The lowest BCUT2D eigenvalue weighted by molar-refractivity contribution is 0.261. The van der Waals surface area contributed by atoms with Gasteiger partial charge in [-0.3, -0.25) is 0 Å². The quantitative estimate of drug-likeness (QED) is 0.742. The molecule has 0 fully saturated rings. The van der Waals surface area contributed by atoms with Crippen molar-refractivity contribution in [1.82, 2.24) is 4.90 Å². The molecule has 0 radical (unpaired) electrons. The summed E-state index contributed by atoms with van der Waals surface area (Å²) in [5.41, 5.74) is 6.35. The van der Waals surface area contributed by atoms with E-state index in [1.807, 2.05) is 20.2 Å². The molecule has 0 aliphatic rings. The molecule has 4 nitrogen and oxygen atoms in total. The molecule has 1 aromatic carbocycles. The summed E-state index contributed by atoms with van der Waals surface area (Å²) < 4.78 is 10.6. The van der Waals surface area contributed by atoms with Crippen molar-refractivity contribution >= 4 is 5.69 Å². The summed E-state index contributed by atoms with van der Waals surface area (Å²) in [5, 5.41) is 0. The summed E-state index contributed by atoms with van der Waals surface area (Å²) >= 11 is 0. The van der Waals surface area contributed by atoms with E-state index in [4.69, 9.17) is 15.2 Å². The third kappa shape index (κ3) is 3.67. The third-order valence-corrected chi connectivity index (χ3v) is 2.01. The van der Waals surface area contributed by atoms with Crippen molar-refractivity contribution in [2.45, 2.75) is 0 Å². The largest absolute Gasteiger partial charge is 0.495 e. The second-order valence-electron chi connectivity index (χ2n) is 3.56. The van der Waals surface area contributed by atoms with Gasteiger partial charge in [-0.1, -0.05) is 0 Å². The summed E-state index contributed by atoms with van der Waals surface area (Å²) in [6.07, 6.45) is 0. The van der Waals surface area contributed by atoms with Crippen LogP contribution >= 0.6 is 0 Å². The van der Waals surface area contributed by atoms with Crippen molar-refractivity contribution in [3.8, 4) is 11.5 Å². The molecule has 0 aromatic heterocycles. The van der Waals surface area contributed by atoms with E-state index in [9.17, 15) is 0 Å². The maximum absolute atomic E-state index is 5.75. The van der Waals surface area contributed by atoms with Gasteiger partial charge < -0.3 is 20.1 Å². The molecule has 15 heavy (non-hydrogen) atoms. The lowest BCUT2D eigenvalue weighted by Gasteiger charge is -2.12. The van der Waals surface area contributed by atoms with Gasteiger partial charge in [-0.25, -0.2) is 0 Å². The van der Waals surface area contributed by atoms with Crippen LogP contribution in [0.25, 0.3) is 0 Å². The van der Waals surface area contributed by atoms with Gasteiger partial charge in [0, 0.05) is 12.6 Å². The number of nitrogens with two attached hydrogens (primary N) is 1. The Morgan fingerprint density at radius 1 is 1.33 bits per heavy atom. The first-order chi connectivity index (χ1) is 7.13. The second kappa shape index (κ2) is 5.46. The zero-order valence-corrected chi connectivity index (χ0v) is 9.49. The van der Waals surface area contributed by atoms with Gasteiger partial charge in [0.05, 0.1) is 12.8 Å². The Bertz CT molecular complexity index is 313. The Hall–Kier alpha value is -1.42. The van der Waals surface area contributed by atoms with Crippen molar-refractivity contribution in [2.24, 2.45) is 0 Å². The first-order valence-electron chi connectivity index (χ1n) is 4.84. The van der Waals surface area contributed by atoms with Crippen molar-refractivity contribution in [3.63, 3.8) is 0 Å². The number of rotatable bonds is 5. The monoisotopic (exact) mass is 210 g/mol. The van der Waals surface area contributed by atoms with Crippen LogP contribution in [-0.2, 0) is 0 Å². The summed E-state index contributed by atoms with van der Waals surface area (Å²) in [5.74, 6) is 1.45. The molecule has 0 bridgehead atoms. The molecule has 0 unspecified atom stereocenters. The first kappa shape index (κ1) is 11.7. The minimum atomic E-state index is 0.597. The van der Waals surface area contributed by atoms with Gasteiger partial charge in [0.15, 0.2) is 0 Å². The number of anilines is 1. The Balaban J connectivity index is 2.52. The van der Waals surface area contributed by atoms with E-state index in [1.165, 1.54) is 0 Å². The number of ether oxygens (including phenoxy) is 2. The van der Waals surface area contributed by atoms with Gasteiger partial charge in [-0.15, -0.1) is 0 Å².